The van der Waals surface area contributed by atoms with Gasteiger partial charge in [0.25, 0.3) is 0 Å². The summed E-state index contributed by atoms with van der Waals surface area (Å²) in [5.74, 6) is 0.897. The number of hydrogen-bond donors (Lipinski definition) is 2. The van der Waals surface area contributed by atoms with Crippen molar-refractivity contribution in [1.82, 2.24) is 10.6 Å². The van der Waals surface area contributed by atoms with E-state index in [9.17, 15) is 0 Å². The van der Waals surface area contributed by atoms with Crippen molar-refractivity contribution in [2.45, 2.75) is 57.4 Å². The van der Waals surface area contributed by atoms with Crippen molar-refractivity contribution in [1.29, 1.82) is 0 Å². The third-order valence-corrected chi connectivity index (χ3v) is 4.22. The van der Waals surface area contributed by atoms with Crippen LogP contribution in [0.2, 0.25) is 0 Å². The van der Waals surface area contributed by atoms with Gasteiger partial charge in [0.2, 0.25) is 0 Å². The number of ether oxygens (including phenoxy) is 1. The molecule has 2 aliphatic rings. The Balaban J connectivity index is 1.47. The molecule has 0 aromatic carbocycles. The van der Waals surface area contributed by atoms with Crippen LogP contribution < -0.4 is 10.6 Å². The fourth-order valence-electron chi connectivity index (χ4n) is 2.96. The first kappa shape index (κ1) is 14.3. The average molecular weight is 254 g/mol. The van der Waals surface area contributed by atoms with E-state index in [0.717, 1.165) is 38.6 Å². The molecule has 1 aliphatic heterocycles. The Morgan fingerprint density at radius 1 is 1.39 bits per heavy atom. The monoisotopic (exact) mass is 254 g/mol. The van der Waals surface area contributed by atoms with Crippen LogP contribution in [0.25, 0.3) is 0 Å². The molecule has 1 aliphatic carbocycles. The minimum atomic E-state index is 0.392. The third kappa shape index (κ3) is 4.87. The van der Waals surface area contributed by atoms with Crippen molar-refractivity contribution in [3.8, 4) is 0 Å². The molecule has 18 heavy (non-hydrogen) atoms. The van der Waals surface area contributed by atoms with E-state index in [2.05, 4.69) is 17.6 Å². The van der Waals surface area contributed by atoms with Crippen LogP contribution >= 0.6 is 0 Å². The van der Waals surface area contributed by atoms with E-state index >= 15 is 0 Å². The van der Waals surface area contributed by atoms with Crippen molar-refractivity contribution in [2.24, 2.45) is 5.92 Å². The molecule has 1 heterocycles. The molecule has 3 heteroatoms. The van der Waals surface area contributed by atoms with E-state index in [0.29, 0.717) is 5.54 Å². The largest absolute Gasteiger partial charge is 0.381 e. The molecule has 2 N–H and O–H groups in total. The molecule has 2 rings (SSSR count). The second-order valence-corrected chi connectivity index (χ2v) is 6.11. The van der Waals surface area contributed by atoms with Crippen LogP contribution in [0.4, 0.5) is 0 Å². The smallest absolute Gasteiger partial charge is 0.0494 e. The lowest BCUT2D eigenvalue weighted by Crippen LogP contribution is -2.48. The van der Waals surface area contributed by atoms with Crippen LogP contribution in [-0.4, -0.2) is 38.4 Å². The summed E-state index contributed by atoms with van der Waals surface area (Å²) in [5.41, 5.74) is 0.392. The first-order chi connectivity index (χ1) is 8.85. The lowest BCUT2D eigenvalue weighted by molar-refractivity contribution is 0.121. The summed E-state index contributed by atoms with van der Waals surface area (Å²) < 4.78 is 5.65. The third-order valence-electron chi connectivity index (χ3n) is 4.22. The van der Waals surface area contributed by atoms with Crippen LogP contribution in [0.1, 0.15) is 51.9 Å². The predicted octanol–water partition coefficient (Wildman–Crippen LogP) is 2.31. The molecule has 3 nitrogen and oxygen atoms in total. The Bertz CT molecular complexity index is 223. The SMILES string of the molecule is CCCC1(CNCCCOCC2CC2)CCCN1. The molecule has 0 aromatic rings. The first-order valence-corrected chi connectivity index (χ1v) is 7.88. The van der Waals surface area contributed by atoms with E-state index in [4.69, 9.17) is 4.74 Å². The summed E-state index contributed by atoms with van der Waals surface area (Å²) in [6.07, 6.45) is 9.19. The Hall–Kier alpha value is -0.120. The van der Waals surface area contributed by atoms with Crippen LogP contribution in [0.15, 0.2) is 0 Å². The Morgan fingerprint density at radius 3 is 2.94 bits per heavy atom. The van der Waals surface area contributed by atoms with Gasteiger partial charge in [-0.1, -0.05) is 13.3 Å². The molecule has 0 aromatic heterocycles. The van der Waals surface area contributed by atoms with E-state index in [-0.39, 0.29) is 0 Å². The molecule has 1 atom stereocenters. The molecule has 1 saturated heterocycles. The normalized spacial score (nSPS) is 27.8. The topological polar surface area (TPSA) is 33.3 Å². The maximum atomic E-state index is 5.65. The predicted molar refractivity (Wildman–Crippen MR) is 75.9 cm³/mol. The van der Waals surface area contributed by atoms with Gasteiger partial charge in [0.1, 0.15) is 0 Å². The van der Waals surface area contributed by atoms with Crippen LogP contribution in [0.3, 0.4) is 0 Å². The van der Waals surface area contributed by atoms with Gasteiger partial charge >= 0.3 is 0 Å². The quantitative estimate of drug-likeness (QED) is 0.587. The molecular weight excluding hydrogens is 224 g/mol. The number of nitrogens with one attached hydrogen (secondary N) is 2. The number of hydrogen-bond acceptors (Lipinski definition) is 3. The molecule has 0 radical (unpaired) electrons. The van der Waals surface area contributed by atoms with Gasteiger partial charge in [0, 0.05) is 25.3 Å². The zero-order valence-electron chi connectivity index (χ0n) is 12.0. The maximum Gasteiger partial charge on any atom is 0.0494 e. The van der Waals surface area contributed by atoms with E-state index in [1.807, 2.05) is 0 Å². The molecule has 2 fully saturated rings. The lowest BCUT2D eigenvalue weighted by atomic mass is 9.92. The molecule has 1 unspecified atom stereocenters. The van der Waals surface area contributed by atoms with Gasteiger partial charge in [-0.2, -0.15) is 0 Å². The Morgan fingerprint density at radius 2 is 2.28 bits per heavy atom. The Kier molecular flexibility index (Phi) is 5.93. The lowest BCUT2D eigenvalue weighted by Gasteiger charge is -2.29. The summed E-state index contributed by atoms with van der Waals surface area (Å²) in [4.78, 5) is 0. The highest BCUT2D eigenvalue weighted by Gasteiger charge is 2.31. The van der Waals surface area contributed by atoms with E-state index in [1.54, 1.807) is 0 Å². The zero-order valence-corrected chi connectivity index (χ0v) is 12.0. The minimum Gasteiger partial charge on any atom is -0.381 e. The van der Waals surface area contributed by atoms with Crippen molar-refractivity contribution in [3.63, 3.8) is 0 Å². The van der Waals surface area contributed by atoms with Crippen LogP contribution in [0.5, 0.6) is 0 Å². The molecule has 1 saturated carbocycles. The minimum absolute atomic E-state index is 0.392. The zero-order chi connectivity index (χ0) is 12.7. The highest BCUT2D eigenvalue weighted by atomic mass is 16.5. The fraction of sp³-hybridized carbons (Fsp3) is 1.00. The van der Waals surface area contributed by atoms with Gasteiger partial charge in [0.05, 0.1) is 0 Å². The second kappa shape index (κ2) is 7.46. The standard InChI is InChI=1S/C15H30N2O/c1-2-7-15(8-3-10-17-15)13-16-9-4-11-18-12-14-5-6-14/h14,16-17H,2-13H2,1H3. The van der Waals surface area contributed by atoms with Gasteiger partial charge in [-0.15, -0.1) is 0 Å². The van der Waals surface area contributed by atoms with E-state index in [1.165, 1.54) is 45.1 Å². The fourth-order valence-corrected chi connectivity index (χ4v) is 2.96. The van der Waals surface area contributed by atoms with Gasteiger partial charge in [-0.25, -0.2) is 0 Å². The molecule has 106 valence electrons. The van der Waals surface area contributed by atoms with Crippen molar-refractivity contribution in [3.05, 3.63) is 0 Å². The number of rotatable bonds is 10. The van der Waals surface area contributed by atoms with Crippen molar-refractivity contribution < 1.29 is 4.74 Å². The van der Waals surface area contributed by atoms with Gasteiger partial charge in [-0.05, 0) is 57.5 Å². The second-order valence-electron chi connectivity index (χ2n) is 6.11. The summed E-state index contributed by atoms with van der Waals surface area (Å²) in [5, 5.41) is 7.32. The first-order valence-electron chi connectivity index (χ1n) is 7.88. The summed E-state index contributed by atoms with van der Waals surface area (Å²) in [7, 11) is 0. The highest BCUT2D eigenvalue weighted by Crippen LogP contribution is 2.28. The molecule has 0 bridgehead atoms. The van der Waals surface area contributed by atoms with Crippen molar-refractivity contribution in [2.75, 3.05) is 32.8 Å². The average Bonchev–Trinajstić information content (AvgIpc) is 3.08. The van der Waals surface area contributed by atoms with Crippen molar-refractivity contribution >= 4 is 0 Å². The molecule has 0 amide bonds. The van der Waals surface area contributed by atoms with Crippen LogP contribution in [0, 0.1) is 5.92 Å². The Labute approximate surface area is 112 Å². The van der Waals surface area contributed by atoms with Gasteiger partial charge in [0.15, 0.2) is 0 Å². The van der Waals surface area contributed by atoms with Gasteiger partial charge < -0.3 is 15.4 Å². The van der Waals surface area contributed by atoms with Gasteiger partial charge in [-0.3, -0.25) is 0 Å². The maximum absolute atomic E-state index is 5.65. The summed E-state index contributed by atoms with van der Waals surface area (Å²) in [6, 6.07) is 0. The molecule has 0 spiro atoms. The summed E-state index contributed by atoms with van der Waals surface area (Å²) >= 11 is 0. The van der Waals surface area contributed by atoms with Crippen LogP contribution in [-0.2, 0) is 4.74 Å². The van der Waals surface area contributed by atoms with E-state index < -0.39 is 0 Å². The highest BCUT2D eigenvalue weighted by molar-refractivity contribution is 4.94. The molecular formula is C15H30N2O. The summed E-state index contributed by atoms with van der Waals surface area (Å²) in [6.45, 7) is 7.64.